The first kappa shape index (κ1) is 13.7. The van der Waals surface area contributed by atoms with Crippen LogP contribution >= 0.6 is 0 Å². The highest BCUT2D eigenvalue weighted by molar-refractivity contribution is 6.01. The van der Waals surface area contributed by atoms with Gasteiger partial charge in [-0.05, 0) is 36.5 Å². The summed E-state index contributed by atoms with van der Waals surface area (Å²) in [6.45, 7) is 3.81. The van der Waals surface area contributed by atoms with E-state index in [1.54, 1.807) is 6.07 Å². The van der Waals surface area contributed by atoms with E-state index in [1.165, 1.54) is 0 Å². The summed E-state index contributed by atoms with van der Waals surface area (Å²) in [6.07, 6.45) is 2.44. The van der Waals surface area contributed by atoms with E-state index in [2.05, 4.69) is 5.32 Å². The number of anilines is 1. The Labute approximate surface area is 113 Å². The summed E-state index contributed by atoms with van der Waals surface area (Å²) >= 11 is 0. The lowest BCUT2D eigenvalue weighted by Crippen LogP contribution is -2.39. The molecule has 2 rings (SSSR count). The van der Waals surface area contributed by atoms with E-state index in [9.17, 15) is 9.59 Å². The predicted octanol–water partition coefficient (Wildman–Crippen LogP) is 2.13. The molecule has 1 aliphatic carbocycles. The molecule has 102 valence electrons. The van der Waals surface area contributed by atoms with E-state index >= 15 is 0 Å². The third kappa shape index (κ3) is 3.01. The topological polar surface area (TPSA) is 72.2 Å². The number of nitrogens with one attached hydrogen (secondary N) is 1. The first-order valence-electron chi connectivity index (χ1n) is 6.71. The molecule has 19 heavy (non-hydrogen) atoms. The zero-order chi connectivity index (χ0) is 14.0. The highest BCUT2D eigenvalue weighted by atomic mass is 16.2. The van der Waals surface area contributed by atoms with Crippen molar-refractivity contribution in [2.24, 2.45) is 11.7 Å². The van der Waals surface area contributed by atoms with Gasteiger partial charge in [0.15, 0.2) is 5.78 Å². The second-order valence-corrected chi connectivity index (χ2v) is 5.41. The highest BCUT2D eigenvalue weighted by Crippen LogP contribution is 2.24. The molecule has 0 fully saturated rings. The van der Waals surface area contributed by atoms with Gasteiger partial charge in [-0.1, -0.05) is 19.9 Å². The van der Waals surface area contributed by atoms with Gasteiger partial charge in [-0.25, -0.2) is 0 Å². The Balaban J connectivity index is 2.16. The summed E-state index contributed by atoms with van der Waals surface area (Å²) in [6, 6.07) is 4.99. The van der Waals surface area contributed by atoms with Crippen LogP contribution in [0.2, 0.25) is 0 Å². The molecule has 0 radical (unpaired) electrons. The Morgan fingerprint density at radius 3 is 2.74 bits per heavy atom. The molecule has 0 heterocycles. The third-order valence-corrected chi connectivity index (χ3v) is 3.55. The van der Waals surface area contributed by atoms with Gasteiger partial charge >= 0.3 is 0 Å². The van der Waals surface area contributed by atoms with Gasteiger partial charge in [-0.2, -0.15) is 0 Å². The van der Waals surface area contributed by atoms with Gasteiger partial charge in [0.2, 0.25) is 5.91 Å². The minimum Gasteiger partial charge on any atom is -0.325 e. The number of nitrogens with two attached hydrogens (primary N) is 1. The Morgan fingerprint density at radius 2 is 2.05 bits per heavy atom. The van der Waals surface area contributed by atoms with E-state index in [1.807, 2.05) is 26.0 Å². The van der Waals surface area contributed by atoms with E-state index in [0.717, 1.165) is 24.0 Å². The quantitative estimate of drug-likeness (QED) is 0.874. The fourth-order valence-electron chi connectivity index (χ4n) is 2.23. The van der Waals surface area contributed by atoms with Crippen molar-refractivity contribution in [3.05, 3.63) is 29.3 Å². The number of amides is 1. The average Bonchev–Trinajstić information content (AvgIpc) is 2.38. The minimum absolute atomic E-state index is 0.0826. The van der Waals surface area contributed by atoms with Crippen LogP contribution in [0, 0.1) is 5.92 Å². The summed E-state index contributed by atoms with van der Waals surface area (Å²) in [5.41, 5.74) is 8.25. The van der Waals surface area contributed by atoms with Crippen LogP contribution in [0.4, 0.5) is 5.69 Å². The number of benzene rings is 1. The average molecular weight is 260 g/mol. The van der Waals surface area contributed by atoms with Crippen LogP contribution in [0.5, 0.6) is 0 Å². The van der Waals surface area contributed by atoms with Gasteiger partial charge < -0.3 is 11.1 Å². The molecule has 0 saturated carbocycles. The molecule has 1 aromatic rings. The number of hydrogen-bond acceptors (Lipinski definition) is 3. The van der Waals surface area contributed by atoms with Gasteiger partial charge in [-0.3, -0.25) is 9.59 Å². The summed E-state index contributed by atoms with van der Waals surface area (Å²) in [5.74, 6) is 0.0305. The fraction of sp³-hybridized carbons (Fsp3) is 0.467. The standard InChI is InChI=1S/C15H20N2O2/c1-9(2)14(16)15(19)17-11-7-6-10-4-3-5-13(18)12(10)8-11/h6-9,14H,3-5,16H2,1-2H3,(H,17,19)/t14-/m0/s1. The zero-order valence-corrected chi connectivity index (χ0v) is 11.4. The van der Waals surface area contributed by atoms with Crippen LogP contribution in [0.25, 0.3) is 0 Å². The van der Waals surface area contributed by atoms with Crippen LogP contribution < -0.4 is 11.1 Å². The van der Waals surface area contributed by atoms with Crippen molar-refractivity contribution in [1.29, 1.82) is 0 Å². The number of hydrogen-bond donors (Lipinski definition) is 2. The van der Waals surface area contributed by atoms with Crippen molar-refractivity contribution in [3.63, 3.8) is 0 Å². The first-order chi connectivity index (χ1) is 8.99. The summed E-state index contributed by atoms with van der Waals surface area (Å²) in [7, 11) is 0. The van der Waals surface area contributed by atoms with Crippen molar-refractivity contribution in [2.75, 3.05) is 5.32 Å². The Kier molecular flexibility index (Phi) is 4.00. The smallest absolute Gasteiger partial charge is 0.241 e. The largest absolute Gasteiger partial charge is 0.325 e. The van der Waals surface area contributed by atoms with Crippen molar-refractivity contribution in [2.45, 2.75) is 39.2 Å². The molecule has 4 nitrogen and oxygen atoms in total. The maximum atomic E-state index is 11.9. The van der Waals surface area contributed by atoms with Crippen LogP contribution in [0.15, 0.2) is 18.2 Å². The van der Waals surface area contributed by atoms with Crippen molar-refractivity contribution >= 4 is 17.4 Å². The molecule has 3 N–H and O–H groups in total. The lowest BCUT2D eigenvalue weighted by Gasteiger charge is -2.18. The number of carbonyl (C=O) groups excluding carboxylic acids is 2. The lowest BCUT2D eigenvalue weighted by molar-refractivity contribution is -0.118. The Hall–Kier alpha value is -1.68. The fourth-order valence-corrected chi connectivity index (χ4v) is 2.23. The number of aryl methyl sites for hydroxylation is 1. The first-order valence-corrected chi connectivity index (χ1v) is 6.71. The normalized spacial score (nSPS) is 16.1. The molecular formula is C15H20N2O2. The Bertz CT molecular complexity index is 509. The molecule has 0 unspecified atom stereocenters. The van der Waals surface area contributed by atoms with Crippen LogP contribution in [-0.4, -0.2) is 17.7 Å². The SMILES string of the molecule is CC(C)[C@H](N)C(=O)Nc1ccc2c(c1)C(=O)CCC2. The van der Waals surface area contributed by atoms with Crippen LogP contribution in [-0.2, 0) is 11.2 Å². The van der Waals surface area contributed by atoms with Gasteiger partial charge in [-0.15, -0.1) is 0 Å². The third-order valence-electron chi connectivity index (χ3n) is 3.55. The van der Waals surface area contributed by atoms with E-state index in [4.69, 9.17) is 5.73 Å². The molecule has 1 aliphatic rings. The van der Waals surface area contributed by atoms with Crippen molar-refractivity contribution in [3.8, 4) is 0 Å². The molecular weight excluding hydrogens is 240 g/mol. The van der Waals surface area contributed by atoms with Crippen molar-refractivity contribution in [1.82, 2.24) is 0 Å². The maximum Gasteiger partial charge on any atom is 0.241 e. The molecule has 1 atom stereocenters. The molecule has 1 amide bonds. The van der Waals surface area contributed by atoms with Crippen LogP contribution in [0.3, 0.4) is 0 Å². The number of fused-ring (bicyclic) bond motifs is 1. The van der Waals surface area contributed by atoms with E-state index < -0.39 is 6.04 Å². The number of rotatable bonds is 3. The molecule has 4 heteroatoms. The monoisotopic (exact) mass is 260 g/mol. The van der Waals surface area contributed by atoms with Gasteiger partial charge in [0.25, 0.3) is 0 Å². The van der Waals surface area contributed by atoms with Gasteiger partial charge in [0.1, 0.15) is 0 Å². The van der Waals surface area contributed by atoms with E-state index in [-0.39, 0.29) is 17.6 Å². The summed E-state index contributed by atoms with van der Waals surface area (Å²) < 4.78 is 0. The minimum atomic E-state index is -0.535. The number of Topliss-reactive ketones (excluding diaryl/α,β-unsaturated/α-hetero) is 1. The summed E-state index contributed by atoms with van der Waals surface area (Å²) in [5, 5.41) is 2.78. The molecule has 0 aromatic heterocycles. The molecule has 0 saturated heterocycles. The molecule has 0 spiro atoms. The number of ketones is 1. The second-order valence-electron chi connectivity index (χ2n) is 5.41. The molecule has 1 aromatic carbocycles. The Morgan fingerprint density at radius 1 is 1.32 bits per heavy atom. The van der Waals surface area contributed by atoms with Gasteiger partial charge in [0, 0.05) is 17.7 Å². The second kappa shape index (κ2) is 5.53. The molecule has 0 bridgehead atoms. The molecule has 0 aliphatic heterocycles. The number of carbonyl (C=O) groups is 2. The van der Waals surface area contributed by atoms with E-state index in [0.29, 0.717) is 12.1 Å². The van der Waals surface area contributed by atoms with Crippen LogP contribution in [0.1, 0.15) is 42.6 Å². The summed E-state index contributed by atoms with van der Waals surface area (Å²) in [4.78, 5) is 23.7. The maximum absolute atomic E-state index is 11.9. The van der Waals surface area contributed by atoms with Crippen molar-refractivity contribution < 1.29 is 9.59 Å². The van der Waals surface area contributed by atoms with Gasteiger partial charge in [0.05, 0.1) is 6.04 Å². The lowest BCUT2D eigenvalue weighted by atomic mass is 9.90. The highest BCUT2D eigenvalue weighted by Gasteiger charge is 2.20. The predicted molar refractivity (Wildman–Crippen MR) is 75.2 cm³/mol. The zero-order valence-electron chi connectivity index (χ0n) is 11.4.